The quantitative estimate of drug-likeness (QED) is 0.615. The summed E-state index contributed by atoms with van der Waals surface area (Å²) in [5, 5.41) is 9.82. The fourth-order valence-corrected chi connectivity index (χ4v) is 6.36. The molecule has 4 heterocycles. The summed E-state index contributed by atoms with van der Waals surface area (Å²) in [6.07, 6.45) is 4.77. The van der Waals surface area contributed by atoms with E-state index in [9.17, 15) is 9.59 Å². The number of thioether (sulfide) groups is 1. The Kier molecular flexibility index (Phi) is 5.85. The molecule has 0 unspecified atom stereocenters. The Labute approximate surface area is 193 Å². The van der Waals surface area contributed by atoms with E-state index in [0.717, 1.165) is 35.3 Å². The van der Waals surface area contributed by atoms with Gasteiger partial charge in [0.15, 0.2) is 0 Å². The first-order chi connectivity index (χ1) is 15.6. The van der Waals surface area contributed by atoms with Crippen molar-refractivity contribution in [3.63, 3.8) is 0 Å². The summed E-state index contributed by atoms with van der Waals surface area (Å²) < 4.78 is 0. The molecule has 3 aromatic heterocycles. The highest BCUT2D eigenvalue weighted by atomic mass is 32.2. The lowest BCUT2D eigenvalue weighted by Gasteiger charge is -2.35. The maximum Gasteiger partial charge on any atom is 0.259 e. The number of nitrogens with zero attached hydrogens (tertiary/aromatic N) is 5. The predicted octanol–water partition coefficient (Wildman–Crippen LogP) is 2.32. The highest BCUT2D eigenvalue weighted by Gasteiger charge is 2.23. The molecule has 1 N–H and O–H groups in total. The van der Waals surface area contributed by atoms with Gasteiger partial charge in [-0.25, -0.2) is 9.97 Å². The second kappa shape index (κ2) is 8.92. The molecule has 3 aromatic rings. The van der Waals surface area contributed by atoms with Gasteiger partial charge in [-0.05, 0) is 37.0 Å². The third kappa shape index (κ3) is 4.10. The molecule has 1 fully saturated rings. The van der Waals surface area contributed by atoms with E-state index in [4.69, 9.17) is 5.26 Å². The first-order valence-corrected chi connectivity index (χ1v) is 12.6. The second-order valence-corrected chi connectivity index (χ2v) is 9.99. The van der Waals surface area contributed by atoms with E-state index >= 15 is 0 Å². The van der Waals surface area contributed by atoms with Crippen LogP contribution in [0.5, 0.6) is 0 Å². The number of pyridine rings is 1. The third-order valence-electron chi connectivity index (χ3n) is 5.92. The molecule has 0 radical (unpaired) electrons. The summed E-state index contributed by atoms with van der Waals surface area (Å²) >= 11 is 3.11. The number of hydrogen-bond acceptors (Lipinski definition) is 8. The van der Waals surface area contributed by atoms with Crippen LogP contribution in [0.2, 0.25) is 0 Å². The number of aryl methyl sites for hydroxylation is 2. The number of rotatable bonds is 5. The predicted molar refractivity (Wildman–Crippen MR) is 126 cm³/mol. The molecular formula is C22H22N6O2S2. The molecule has 1 aliphatic carbocycles. The van der Waals surface area contributed by atoms with E-state index in [2.05, 4.69) is 25.9 Å². The zero-order chi connectivity index (χ0) is 22.1. The molecule has 32 heavy (non-hydrogen) atoms. The highest BCUT2D eigenvalue weighted by Crippen LogP contribution is 2.34. The van der Waals surface area contributed by atoms with Gasteiger partial charge in [0.05, 0.1) is 28.5 Å². The molecular weight excluding hydrogens is 444 g/mol. The van der Waals surface area contributed by atoms with E-state index in [1.165, 1.54) is 22.2 Å². The van der Waals surface area contributed by atoms with Gasteiger partial charge in [0.2, 0.25) is 5.91 Å². The SMILES string of the molecule is N#Cc1ccnc(N2CCN(C(=O)CSCc3nc4sc5c(c4c(=O)[nH]3)CCC5)CC2)c1. The third-order valence-corrected chi connectivity index (χ3v) is 8.03. The number of aromatic amines is 1. The smallest absolute Gasteiger partial charge is 0.259 e. The highest BCUT2D eigenvalue weighted by molar-refractivity contribution is 7.99. The van der Waals surface area contributed by atoms with Gasteiger partial charge in [-0.3, -0.25) is 9.59 Å². The fourth-order valence-electron chi connectivity index (χ4n) is 4.29. The monoisotopic (exact) mass is 466 g/mol. The van der Waals surface area contributed by atoms with Crippen molar-refractivity contribution in [3.8, 4) is 6.07 Å². The standard InChI is InChI=1S/C22H22N6O2S2/c23-11-14-4-5-24-18(10-14)27-6-8-28(9-7-27)19(29)13-31-12-17-25-21(30)20-15-2-1-3-16(15)32-22(20)26-17/h4-5,10H,1-3,6-9,12-13H2,(H,25,26,30). The fraction of sp³-hybridized carbons (Fsp3) is 0.409. The molecule has 0 bridgehead atoms. The van der Waals surface area contributed by atoms with Gasteiger partial charge in [-0.1, -0.05) is 0 Å². The number of aromatic nitrogens is 3. The average Bonchev–Trinajstić information content (AvgIpc) is 3.40. The Morgan fingerprint density at radius 3 is 2.94 bits per heavy atom. The van der Waals surface area contributed by atoms with Crippen molar-refractivity contribution in [2.45, 2.75) is 25.0 Å². The van der Waals surface area contributed by atoms with Crippen LogP contribution in [0.4, 0.5) is 5.82 Å². The molecule has 0 spiro atoms. The number of H-pyrrole nitrogens is 1. The first-order valence-electron chi connectivity index (χ1n) is 10.6. The second-order valence-electron chi connectivity index (χ2n) is 7.93. The Hall–Kier alpha value is -2.90. The summed E-state index contributed by atoms with van der Waals surface area (Å²) in [5.41, 5.74) is 1.71. The minimum absolute atomic E-state index is 0.0541. The van der Waals surface area contributed by atoms with Gasteiger partial charge in [0.25, 0.3) is 5.56 Å². The molecule has 5 rings (SSSR count). The summed E-state index contributed by atoms with van der Waals surface area (Å²) in [4.78, 5) is 43.2. The molecule has 2 aliphatic rings. The Morgan fingerprint density at radius 1 is 1.28 bits per heavy atom. The lowest BCUT2D eigenvalue weighted by Crippen LogP contribution is -2.49. The van der Waals surface area contributed by atoms with E-state index < -0.39 is 0 Å². The molecule has 164 valence electrons. The molecule has 8 nitrogen and oxygen atoms in total. The van der Waals surface area contributed by atoms with Crippen molar-refractivity contribution < 1.29 is 4.79 Å². The van der Waals surface area contributed by atoms with Gasteiger partial charge < -0.3 is 14.8 Å². The number of piperazine rings is 1. The number of nitrogens with one attached hydrogen (secondary N) is 1. The normalized spacial score (nSPS) is 15.7. The first kappa shape index (κ1) is 21.0. The molecule has 1 amide bonds. The van der Waals surface area contributed by atoms with E-state index in [1.807, 2.05) is 4.90 Å². The van der Waals surface area contributed by atoms with Crippen LogP contribution in [0, 0.1) is 11.3 Å². The number of thiophene rings is 1. The van der Waals surface area contributed by atoms with Crippen molar-refractivity contribution >= 4 is 45.0 Å². The lowest BCUT2D eigenvalue weighted by atomic mass is 10.2. The minimum Gasteiger partial charge on any atom is -0.353 e. The van der Waals surface area contributed by atoms with Crippen molar-refractivity contribution in [3.05, 3.63) is 50.5 Å². The number of hydrogen-bond donors (Lipinski definition) is 1. The maximum atomic E-state index is 12.6. The van der Waals surface area contributed by atoms with Gasteiger partial charge in [-0.15, -0.1) is 23.1 Å². The Balaban J connectivity index is 1.14. The number of carbonyl (C=O) groups is 1. The Morgan fingerprint density at radius 2 is 2.12 bits per heavy atom. The van der Waals surface area contributed by atoms with Crippen LogP contribution in [-0.2, 0) is 23.4 Å². The molecule has 0 atom stereocenters. The van der Waals surface area contributed by atoms with Crippen LogP contribution >= 0.6 is 23.1 Å². The topological polar surface area (TPSA) is 106 Å². The Bertz CT molecular complexity index is 1270. The molecule has 0 aromatic carbocycles. The number of amides is 1. The number of anilines is 1. The van der Waals surface area contributed by atoms with Crippen LogP contribution in [0.1, 0.15) is 28.2 Å². The summed E-state index contributed by atoms with van der Waals surface area (Å²) in [6.45, 7) is 2.62. The van der Waals surface area contributed by atoms with Crippen molar-refractivity contribution in [2.75, 3.05) is 36.8 Å². The largest absolute Gasteiger partial charge is 0.353 e. The van der Waals surface area contributed by atoms with Crippen LogP contribution in [0.3, 0.4) is 0 Å². The van der Waals surface area contributed by atoms with E-state index in [-0.39, 0.29) is 11.5 Å². The minimum atomic E-state index is -0.0541. The maximum absolute atomic E-state index is 12.6. The van der Waals surface area contributed by atoms with E-state index in [0.29, 0.717) is 49.1 Å². The van der Waals surface area contributed by atoms with E-state index in [1.54, 1.807) is 29.7 Å². The number of nitriles is 1. The van der Waals surface area contributed by atoms with Crippen LogP contribution in [0.25, 0.3) is 10.2 Å². The number of fused-ring (bicyclic) bond motifs is 3. The van der Waals surface area contributed by atoms with Gasteiger partial charge in [0.1, 0.15) is 16.5 Å². The zero-order valence-electron chi connectivity index (χ0n) is 17.5. The molecule has 1 aliphatic heterocycles. The summed E-state index contributed by atoms with van der Waals surface area (Å²) in [6, 6.07) is 5.60. The van der Waals surface area contributed by atoms with Gasteiger partial charge >= 0.3 is 0 Å². The van der Waals surface area contributed by atoms with Crippen molar-refractivity contribution in [1.82, 2.24) is 19.9 Å². The number of carbonyl (C=O) groups excluding carboxylic acids is 1. The van der Waals surface area contributed by atoms with Crippen molar-refractivity contribution in [2.24, 2.45) is 0 Å². The van der Waals surface area contributed by atoms with Gasteiger partial charge in [-0.2, -0.15) is 5.26 Å². The summed E-state index contributed by atoms with van der Waals surface area (Å²) in [5.74, 6) is 2.35. The molecule has 1 saturated heterocycles. The van der Waals surface area contributed by atoms with Crippen LogP contribution < -0.4 is 10.5 Å². The van der Waals surface area contributed by atoms with Crippen LogP contribution in [-0.4, -0.2) is 57.7 Å². The molecule has 0 saturated carbocycles. The van der Waals surface area contributed by atoms with Gasteiger partial charge in [0, 0.05) is 37.3 Å². The average molecular weight is 467 g/mol. The molecule has 10 heteroatoms. The van der Waals surface area contributed by atoms with Crippen LogP contribution in [0.15, 0.2) is 23.1 Å². The lowest BCUT2D eigenvalue weighted by molar-refractivity contribution is -0.128. The zero-order valence-corrected chi connectivity index (χ0v) is 19.1. The van der Waals surface area contributed by atoms with Crippen molar-refractivity contribution in [1.29, 1.82) is 5.26 Å². The summed E-state index contributed by atoms with van der Waals surface area (Å²) in [7, 11) is 0.